The van der Waals surface area contributed by atoms with Crippen molar-refractivity contribution >= 4 is 63.9 Å². The number of benzene rings is 2. The highest BCUT2D eigenvalue weighted by Gasteiger charge is 2.43. The smallest absolute Gasteiger partial charge is 0.338 e. The predicted octanol–water partition coefficient (Wildman–Crippen LogP) is 1.82. The van der Waals surface area contributed by atoms with Crippen LogP contribution in [0.25, 0.3) is 5.57 Å². The molecule has 2 aromatic rings. The average molecular weight is 493 g/mol. The summed E-state index contributed by atoms with van der Waals surface area (Å²) in [6.07, 6.45) is 0. The second kappa shape index (κ2) is 9.47. The molecule has 11 heteroatoms. The van der Waals surface area contributed by atoms with Gasteiger partial charge in [0, 0.05) is 18.2 Å². The molecule has 0 spiro atoms. The van der Waals surface area contributed by atoms with Gasteiger partial charge in [-0.2, -0.15) is 0 Å². The van der Waals surface area contributed by atoms with Gasteiger partial charge in [0.05, 0.1) is 23.4 Å². The van der Waals surface area contributed by atoms with E-state index >= 15 is 0 Å². The normalized spacial score (nSPS) is 16.8. The fourth-order valence-electron chi connectivity index (χ4n) is 3.86. The number of para-hydroxylation sites is 1. The van der Waals surface area contributed by atoms with Crippen LogP contribution >= 0.6 is 12.2 Å². The fraction of sp³-hybridized carbons (Fsp3) is 0.167. The molecular formula is C24H20N4O6S. The number of thiocarbonyl (C=S) groups is 1. The van der Waals surface area contributed by atoms with Gasteiger partial charge in [-0.05, 0) is 49.5 Å². The van der Waals surface area contributed by atoms with Gasteiger partial charge in [-0.15, -0.1) is 0 Å². The lowest BCUT2D eigenvalue weighted by Gasteiger charge is -2.17. The zero-order valence-electron chi connectivity index (χ0n) is 18.8. The van der Waals surface area contributed by atoms with E-state index in [1.54, 1.807) is 43.3 Å². The number of fused-ring (bicyclic) bond motifs is 1. The standard InChI is InChI=1S/C24H20N4O6S/c1-3-34-23(33)14-8-10-15(11-9-14)25-18(30)12-27-17-7-5-4-6-16(17)19(22(27)32)20-21(31)26-24(35)28(20)13(2)29/h4-11H,3,12H2,1-2H3,(H,25,30)(H,26,31,35). The summed E-state index contributed by atoms with van der Waals surface area (Å²) in [5.41, 5.74) is 1.40. The molecule has 0 saturated carbocycles. The number of esters is 1. The molecule has 4 rings (SSSR count). The minimum Gasteiger partial charge on any atom is -0.462 e. The van der Waals surface area contributed by atoms with E-state index in [2.05, 4.69) is 10.6 Å². The Balaban J connectivity index is 1.60. The molecule has 1 fully saturated rings. The summed E-state index contributed by atoms with van der Waals surface area (Å²) >= 11 is 5.08. The lowest BCUT2D eigenvalue weighted by Crippen LogP contribution is -2.36. The molecule has 0 atom stereocenters. The molecule has 0 unspecified atom stereocenters. The minimum absolute atomic E-state index is 0.0141. The van der Waals surface area contributed by atoms with Crippen LogP contribution in [0.3, 0.4) is 0 Å². The quantitative estimate of drug-likeness (QED) is 0.371. The van der Waals surface area contributed by atoms with Crippen LogP contribution in [0.2, 0.25) is 0 Å². The molecule has 4 amide bonds. The third-order valence-electron chi connectivity index (χ3n) is 5.32. The molecule has 2 aliphatic rings. The molecule has 0 radical (unpaired) electrons. The van der Waals surface area contributed by atoms with E-state index in [1.807, 2.05) is 0 Å². The maximum Gasteiger partial charge on any atom is 0.338 e. The van der Waals surface area contributed by atoms with Gasteiger partial charge in [0.25, 0.3) is 11.8 Å². The average Bonchev–Trinajstić information content (AvgIpc) is 3.26. The molecule has 2 aromatic carbocycles. The van der Waals surface area contributed by atoms with Crippen molar-refractivity contribution in [2.24, 2.45) is 0 Å². The Morgan fingerprint density at radius 1 is 1.06 bits per heavy atom. The number of rotatable bonds is 5. The fourth-order valence-corrected chi connectivity index (χ4v) is 4.17. The van der Waals surface area contributed by atoms with Crippen LogP contribution in [-0.2, 0) is 23.9 Å². The lowest BCUT2D eigenvalue weighted by molar-refractivity contribution is -0.125. The number of amides is 4. The van der Waals surface area contributed by atoms with Crippen LogP contribution < -0.4 is 15.5 Å². The van der Waals surface area contributed by atoms with Crippen LogP contribution in [0, 0.1) is 0 Å². The second-order valence-corrected chi connectivity index (χ2v) is 7.98. The van der Waals surface area contributed by atoms with E-state index in [-0.39, 0.29) is 29.5 Å². The van der Waals surface area contributed by atoms with Crippen molar-refractivity contribution in [1.29, 1.82) is 0 Å². The Hall–Kier alpha value is -4.38. The van der Waals surface area contributed by atoms with Gasteiger partial charge in [-0.3, -0.25) is 34.3 Å². The summed E-state index contributed by atoms with van der Waals surface area (Å²) in [6, 6.07) is 12.8. The first-order valence-electron chi connectivity index (χ1n) is 10.6. The molecule has 1 saturated heterocycles. The summed E-state index contributed by atoms with van der Waals surface area (Å²) in [5, 5.41) is 4.96. The van der Waals surface area contributed by atoms with Gasteiger partial charge in [0.1, 0.15) is 12.2 Å². The molecule has 0 bridgehead atoms. The zero-order chi connectivity index (χ0) is 25.3. The Bertz CT molecular complexity index is 1320. The van der Waals surface area contributed by atoms with Gasteiger partial charge in [-0.25, -0.2) is 4.79 Å². The Kier molecular flexibility index (Phi) is 6.43. The van der Waals surface area contributed by atoms with Crippen molar-refractivity contribution < 1.29 is 28.7 Å². The molecule has 178 valence electrons. The van der Waals surface area contributed by atoms with Gasteiger partial charge in [0.15, 0.2) is 5.11 Å². The maximum atomic E-state index is 13.4. The number of hydrogen-bond donors (Lipinski definition) is 2. The van der Waals surface area contributed by atoms with Crippen LogP contribution in [-0.4, -0.2) is 52.8 Å². The van der Waals surface area contributed by atoms with Crippen LogP contribution in [0.15, 0.2) is 54.2 Å². The number of nitrogens with one attached hydrogen (secondary N) is 2. The summed E-state index contributed by atoms with van der Waals surface area (Å²) < 4.78 is 4.94. The van der Waals surface area contributed by atoms with E-state index in [1.165, 1.54) is 24.0 Å². The SMILES string of the molecule is CCOC(=O)c1ccc(NC(=O)CN2C(=O)C(=C3C(=O)NC(=S)N3C(C)=O)c3ccccc32)cc1. The van der Waals surface area contributed by atoms with Crippen LogP contribution in [0.5, 0.6) is 0 Å². The highest BCUT2D eigenvalue weighted by atomic mass is 32.1. The maximum absolute atomic E-state index is 13.4. The zero-order valence-corrected chi connectivity index (χ0v) is 19.6. The topological polar surface area (TPSA) is 125 Å². The molecule has 2 aliphatic heterocycles. The van der Waals surface area contributed by atoms with Crippen molar-refractivity contribution in [3.8, 4) is 0 Å². The first kappa shape index (κ1) is 23.8. The summed E-state index contributed by atoms with van der Waals surface area (Å²) in [4.78, 5) is 64.9. The van der Waals surface area contributed by atoms with Gasteiger partial charge < -0.3 is 10.1 Å². The number of ether oxygens (including phenoxy) is 1. The molecular weight excluding hydrogens is 472 g/mol. The Labute approximate surface area is 205 Å². The van der Waals surface area contributed by atoms with Crippen molar-refractivity contribution in [3.05, 3.63) is 65.4 Å². The Morgan fingerprint density at radius 2 is 1.74 bits per heavy atom. The molecule has 0 aromatic heterocycles. The van der Waals surface area contributed by atoms with Gasteiger partial charge >= 0.3 is 5.97 Å². The monoisotopic (exact) mass is 492 g/mol. The molecule has 0 aliphatic carbocycles. The molecule has 10 nitrogen and oxygen atoms in total. The third-order valence-corrected chi connectivity index (χ3v) is 5.60. The van der Waals surface area contributed by atoms with Crippen molar-refractivity contribution in [1.82, 2.24) is 10.2 Å². The van der Waals surface area contributed by atoms with E-state index in [4.69, 9.17) is 17.0 Å². The molecule has 35 heavy (non-hydrogen) atoms. The van der Waals surface area contributed by atoms with E-state index in [9.17, 15) is 24.0 Å². The predicted molar refractivity (Wildman–Crippen MR) is 130 cm³/mol. The Morgan fingerprint density at radius 3 is 2.40 bits per heavy atom. The second-order valence-electron chi connectivity index (χ2n) is 7.59. The first-order chi connectivity index (χ1) is 16.7. The molecule has 2 N–H and O–H groups in total. The number of anilines is 2. The van der Waals surface area contributed by atoms with Gasteiger partial charge in [0.2, 0.25) is 11.8 Å². The van der Waals surface area contributed by atoms with Crippen LogP contribution in [0.4, 0.5) is 11.4 Å². The van der Waals surface area contributed by atoms with Gasteiger partial charge in [-0.1, -0.05) is 18.2 Å². The number of carbonyl (C=O) groups excluding carboxylic acids is 5. The van der Waals surface area contributed by atoms with E-state index < -0.39 is 29.6 Å². The van der Waals surface area contributed by atoms with Crippen molar-refractivity contribution in [2.75, 3.05) is 23.4 Å². The van der Waals surface area contributed by atoms with E-state index in [0.29, 0.717) is 22.5 Å². The summed E-state index contributed by atoms with van der Waals surface area (Å²) in [6.45, 7) is 2.84. The first-order valence-corrected chi connectivity index (χ1v) is 11.0. The molecule has 2 heterocycles. The number of carbonyl (C=O) groups is 5. The number of nitrogens with zero attached hydrogens (tertiary/aromatic N) is 2. The van der Waals surface area contributed by atoms with E-state index in [0.717, 1.165) is 4.90 Å². The minimum atomic E-state index is -0.670. The summed E-state index contributed by atoms with van der Waals surface area (Å²) in [7, 11) is 0. The largest absolute Gasteiger partial charge is 0.462 e. The van der Waals surface area contributed by atoms with Crippen molar-refractivity contribution in [2.45, 2.75) is 13.8 Å². The third kappa shape index (κ3) is 4.41. The highest BCUT2D eigenvalue weighted by Crippen LogP contribution is 2.40. The summed E-state index contributed by atoms with van der Waals surface area (Å²) in [5.74, 6) is -2.78. The highest BCUT2D eigenvalue weighted by molar-refractivity contribution is 7.80. The lowest BCUT2D eigenvalue weighted by atomic mass is 10.0. The van der Waals surface area contributed by atoms with Crippen molar-refractivity contribution in [3.63, 3.8) is 0 Å². The van der Waals surface area contributed by atoms with Crippen LogP contribution in [0.1, 0.15) is 29.8 Å². The number of hydrogen-bond acceptors (Lipinski definition) is 7.